The lowest BCUT2D eigenvalue weighted by Gasteiger charge is -2.11. The molecule has 2 rings (SSSR count). The van der Waals surface area contributed by atoms with Crippen LogP contribution >= 0.6 is 0 Å². The molecule has 0 aliphatic carbocycles. The van der Waals surface area contributed by atoms with Gasteiger partial charge in [0.1, 0.15) is 5.75 Å². The maximum Gasteiger partial charge on any atom is 0.186 e. The average molecular weight is 214 g/mol. The smallest absolute Gasteiger partial charge is 0.186 e. The van der Waals surface area contributed by atoms with Crippen LogP contribution in [-0.2, 0) is 0 Å². The Hall–Kier alpha value is -1.80. The zero-order valence-electron chi connectivity index (χ0n) is 9.18. The molecule has 82 valence electrons. The first-order valence-electron chi connectivity index (χ1n) is 5.21. The normalized spacial score (nSPS) is 10.1. The molecule has 2 aromatic rings. The van der Waals surface area contributed by atoms with E-state index >= 15 is 0 Å². The molecule has 2 aromatic carbocycles. The molecule has 0 fully saturated rings. The van der Waals surface area contributed by atoms with E-state index in [0.717, 1.165) is 11.1 Å². The summed E-state index contributed by atoms with van der Waals surface area (Å²) >= 11 is 0. The van der Waals surface area contributed by atoms with E-state index in [4.69, 9.17) is 9.84 Å². The Bertz CT molecular complexity index is 478. The largest absolute Gasteiger partial charge is 0.467 e. The summed E-state index contributed by atoms with van der Waals surface area (Å²) in [6.07, 6.45) is 0. The van der Waals surface area contributed by atoms with Gasteiger partial charge in [0.15, 0.2) is 6.79 Å². The molecule has 0 unspecified atom stereocenters. The Kier molecular flexibility index (Phi) is 3.22. The molecule has 1 N–H and O–H groups in total. The van der Waals surface area contributed by atoms with Crippen molar-refractivity contribution in [2.75, 3.05) is 6.79 Å². The maximum absolute atomic E-state index is 8.84. The van der Waals surface area contributed by atoms with Crippen LogP contribution in [-0.4, -0.2) is 11.9 Å². The van der Waals surface area contributed by atoms with E-state index in [9.17, 15) is 0 Å². The average Bonchev–Trinajstić information content (AvgIpc) is 2.31. The summed E-state index contributed by atoms with van der Waals surface area (Å²) in [6, 6.07) is 15.8. The number of ether oxygens (including phenoxy) is 1. The van der Waals surface area contributed by atoms with Gasteiger partial charge in [0.05, 0.1) is 0 Å². The predicted molar refractivity (Wildman–Crippen MR) is 64.3 cm³/mol. The lowest BCUT2D eigenvalue weighted by Crippen LogP contribution is -1.96. The van der Waals surface area contributed by atoms with E-state index < -0.39 is 0 Å². The van der Waals surface area contributed by atoms with Crippen LogP contribution in [0.25, 0.3) is 11.1 Å². The first kappa shape index (κ1) is 10.7. The first-order chi connectivity index (χ1) is 7.83. The van der Waals surface area contributed by atoms with Gasteiger partial charge < -0.3 is 9.84 Å². The Balaban J connectivity index is 2.51. The van der Waals surface area contributed by atoms with Gasteiger partial charge in [-0.05, 0) is 24.1 Å². The molecule has 0 amide bonds. The molecule has 0 saturated carbocycles. The topological polar surface area (TPSA) is 29.5 Å². The van der Waals surface area contributed by atoms with Crippen molar-refractivity contribution in [2.24, 2.45) is 0 Å². The maximum atomic E-state index is 8.84. The van der Waals surface area contributed by atoms with Crippen LogP contribution in [0.2, 0.25) is 0 Å². The van der Waals surface area contributed by atoms with Crippen LogP contribution in [0.3, 0.4) is 0 Å². The van der Waals surface area contributed by atoms with Crippen molar-refractivity contribution < 1.29 is 9.84 Å². The lowest BCUT2D eigenvalue weighted by molar-refractivity contribution is 0.0991. The van der Waals surface area contributed by atoms with Crippen molar-refractivity contribution in [1.29, 1.82) is 0 Å². The highest BCUT2D eigenvalue weighted by Crippen LogP contribution is 2.31. The molecule has 0 aliphatic rings. The quantitative estimate of drug-likeness (QED) is 0.796. The highest BCUT2D eigenvalue weighted by molar-refractivity contribution is 5.73. The highest BCUT2D eigenvalue weighted by Gasteiger charge is 2.06. The van der Waals surface area contributed by atoms with Crippen LogP contribution in [0.1, 0.15) is 5.56 Å². The monoisotopic (exact) mass is 214 g/mol. The molecule has 0 aliphatic heterocycles. The molecule has 2 nitrogen and oxygen atoms in total. The van der Waals surface area contributed by atoms with Gasteiger partial charge in [-0.3, -0.25) is 0 Å². The Morgan fingerprint density at radius 3 is 2.25 bits per heavy atom. The van der Waals surface area contributed by atoms with Crippen molar-refractivity contribution in [3.8, 4) is 16.9 Å². The van der Waals surface area contributed by atoms with Gasteiger partial charge in [0.2, 0.25) is 0 Å². The minimum atomic E-state index is -0.303. The summed E-state index contributed by atoms with van der Waals surface area (Å²) in [5.41, 5.74) is 3.33. The van der Waals surface area contributed by atoms with E-state index in [1.807, 2.05) is 36.4 Å². The SMILES string of the molecule is Cc1ccccc1-c1ccccc1OCO. The van der Waals surface area contributed by atoms with Crippen molar-refractivity contribution in [3.05, 3.63) is 54.1 Å². The third-order valence-corrected chi connectivity index (χ3v) is 2.54. The molecule has 0 bridgehead atoms. The summed E-state index contributed by atoms with van der Waals surface area (Å²) in [4.78, 5) is 0. The molecular weight excluding hydrogens is 200 g/mol. The fraction of sp³-hybridized carbons (Fsp3) is 0.143. The number of para-hydroxylation sites is 1. The fourth-order valence-corrected chi connectivity index (χ4v) is 1.76. The number of aliphatic hydroxyl groups is 1. The van der Waals surface area contributed by atoms with Crippen molar-refractivity contribution in [3.63, 3.8) is 0 Å². The van der Waals surface area contributed by atoms with E-state index in [0.29, 0.717) is 5.75 Å². The molecule has 0 radical (unpaired) electrons. The van der Waals surface area contributed by atoms with Gasteiger partial charge in [-0.15, -0.1) is 0 Å². The molecule has 0 spiro atoms. The minimum absolute atomic E-state index is 0.303. The minimum Gasteiger partial charge on any atom is -0.467 e. The van der Waals surface area contributed by atoms with E-state index in [1.54, 1.807) is 0 Å². The summed E-state index contributed by atoms with van der Waals surface area (Å²) in [7, 11) is 0. The van der Waals surface area contributed by atoms with Gasteiger partial charge in [-0.1, -0.05) is 42.5 Å². The molecule has 2 heteroatoms. The van der Waals surface area contributed by atoms with Crippen LogP contribution in [0.4, 0.5) is 0 Å². The number of hydrogen-bond acceptors (Lipinski definition) is 2. The predicted octanol–water partition coefficient (Wildman–Crippen LogP) is 2.99. The van der Waals surface area contributed by atoms with E-state index in [1.165, 1.54) is 5.56 Å². The number of hydrogen-bond donors (Lipinski definition) is 1. The second-order valence-corrected chi connectivity index (χ2v) is 3.58. The molecule has 16 heavy (non-hydrogen) atoms. The summed E-state index contributed by atoms with van der Waals surface area (Å²) < 4.78 is 5.20. The molecule has 0 heterocycles. The van der Waals surface area contributed by atoms with Crippen molar-refractivity contribution >= 4 is 0 Å². The standard InChI is InChI=1S/C14H14O2/c1-11-6-2-3-7-12(11)13-8-4-5-9-14(13)16-10-15/h2-9,15H,10H2,1H3. The summed E-state index contributed by atoms with van der Waals surface area (Å²) in [6.45, 7) is 1.76. The third-order valence-electron chi connectivity index (χ3n) is 2.54. The van der Waals surface area contributed by atoms with Gasteiger partial charge >= 0.3 is 0 Å². The van der Waals surface area contributed by atoms with Gasteiger partial charge in [-0.25, -0.2) is 0 Å². The van der Waals surface area contributed by atoms with Crippen LogP contribution < -0.4 is 4.74 Å². The number of aliphatic hydroxyl groups excluding tert-OH is 1. The molecule has 0 atom stereocenters. The number of aryl methyl sites for hydroxylation is 1. The zero-order valence-corrected chi connectivity index (χ0v) is 9.18. The Morgan fingerprint density at radius 1 is 0.938 bits per heavy atom. The highest BCUT2D eigenvalue weighted by atomic mass is 16.6. The Labute approximate surface area is 95.1 Å². The van der Waals surface area contributed by atoms with Crippen molar-refractivity contribution in [2.45, 2.75) is 6.92 Å². The van der Waals surface area contributed by atoms with Crippen molar-refractivity contribution in [1.82, 2.24) is 0 Å². The van der Waals surface area contributed by atoms with Gasteiger partial charge in [0.25, 0.3) is 0 Å². The van der Waals surface area contributed by atoms with Gasteiger partial charge in [-0.2, -0.15) is 0 Å². The second-order valence-electron chi connectivity index (χ2n) is 3.58. The summed E-state index contributed by atoms with van der Waals surface area (Å²) in [5.74, 6) is 0.708. The van der Waals surface area contributed by atoms with Crippen LogP contribution in [0, 0.1) is 6.92 Å². The Morgan fingerprint density at radius 2 is 1.56 bits per heavy atom. The van der Waals surface area contributed by atoms with Crippen LogP contribution in [0.15, 0.2) is 48.5 Å². The number of rotatable bonds is 3. The lowest BCUT2D eigenvalue weighted by atomic mass is 10.00. The molecule has 0 saturated heterocycles. The molecular formula is C14H14O2. The van der Waals surface area contributed by atoms with E-state index in [-0.39, 0.29) is 6.79 Å². The third kappa shape index (κ3) is 2.07. The first-order valence-corrected chi connectivity index (χ1v) is 5.21. The second kappa shape index (κ2) is 4.81. The van der Waals surface area contributed by atoms with Crippen LogP contribution in [0.5, 0.6) is 5.75 Å². The summed E-state index contributed by atoms with van der Waals surface area (Å²) in [5, 5.41) is 8.84. The van der Waals surface area contributed by atoms with E-state index in [2.05, 4.69) is 19.1 Å². The number of benzene rings is 2. The zero-order chi connectivity index (χ0) is 11.4. The van der Waals surface area contributed by atoms with Gasteiger partial charge in [0, 0.05) is 5.56 Å². The molecule has 0 aromatic heterocycles. The fourth-order valence-electron chi connectivity index (χ4n) is 1.76.